The Hall–Kier alpha value is -3.90. The number of nitrogens with one attached hydrogen (secondary N) is 2. The molecule has 1 heterocycles. The molecule has 10 heteroatoms. The van der Waals surface area contributed by atoms with Crippen LogP contribution >= 0.6 is 11.6 Å². The summed E-state index contributed by atoms with van der Waals surface area (Å²) < 4.78 is 4.71. The highest BCUT2D eigenvalue weighted by Gasteiger charge is 2.23. The van der Waals surface area contributed by atoms with E-state index in [-0.39, 0.29) is 12.2 Å². The summed E-state index contributed by atoms with van der Waals surface area (Å²) in [5.41, 5.74) is 1.76. The third-order valence-corrected chi connectivity index (χ3v) is 4.12. The van der Waals surface area contributed by atoms with E-state index in [0.29, 0.717) is 16.3 Å². The first-order chi connectivity index (χ1) is 13.9. The van der Waals surface area contributed by atoms with Crippen LogP contribution in [0.2, 0.25) is 5.02 Å². The number of anilines is 1. The fourth-order valence-electron chi connectivity index (χ4n) is 2.48. The van der Waals surface area contributed by atoms with Crippen molar-refractivity contribution in [3.63, 3.8) is 0 Å². The monoisotopic (exact) mass is 411 g/mol. The maximum Gasteiger partial charge on any atom is 0.394 e. The Kier molecular flexibility index (Phi) is 6.06. The van der Waals surface area contributed by atoms with Crippen molar-refractivity contribution in [3.05, 3.63) is 76.4 Å². The zero-order valence-corrected chi connectivity index (χ0v) is 15.6. The Morgan fingerprint density at radius 1 is 1.17 bits per heavy atom. The van der Waals surface area contributed by atoms with Crippen LogP contribution in [-0.4, -0.2) is 27.2 Å². The number of hydrogen-bond donors (Lipinski definition) is 3. The molecule has 0 spiro atoms. The maximum atomic E-state index is 12.4. The number of aromatic nitrogens is 2. The van der Waals surface area contributed by atoms with E-state index < -0.39 is 23.9 Å². The third kappa shape index (κ3) is 5.31. The highest BCUT2D eigenvalue weighted by atomic mass is 35.5. The minimum absolute atomic E-state index is 0.0207. The van der Waals surface area contributed by atoms with E-state index in [4.69, 9.17) is 26.5 Å². The van der Waals surface area contributed by atoms with Crippen LogP contribution in [0.5, 0.6) is 0 Å². The number of benzene rings is 2. The molecule has 9 nitrogen and oxygen atoms in total. The van der Waals surface area contributed by atoms with E-state index in [1.807, 2.05) is 6.07 Å². The summed E-state index contributed by atoms with van der Waals surface area (Å²) in [6, 6.07) is 13.9. The van der Waals surface area contributed by atoms with Gasteiger partial charge in [-0.2, -0.15) is 10.2 Å². The first kappa shape index (κ1) is 19.9. The van der Waals surface area contributed by atoms with Gasteiger partial charge in [0, 0.05) is 17.1 Å². The second-order valence-electron chi connectivity index (χ2n) is 5.93. The minimum atomic E-state index is -1.36. The van der Waals surface area contributed by atoms with Gasteiger partial charge < -0.3 is 20.3 Å². The van der Waals surface area contributed by atoms with Gasteiger partial charge in [-0.1, -0.05) is 28.9 Å². The standard InChI is InChI=1S/C19H14ClN5O4/c20-13-5-1-11(2-6-13)9-15(16-24-17(18(26)27)29-25-16)23-19(28)22-14-7-3-12(10-21)4-8-14/h1-8,15H,9H2,(H,26,27)(H2,22,23,28). The Balaban J connectivity index is 1.77. The summed E-state index contributed by atoms with van der Waals surface area (Å²) in [6.45, 7) is 0. The third-order valence-electron chi connectivity index (χ3n) is 3.87. The molecule has 0 aliphatic carbocycles. The topological polar surface area (TPSA) is 141 Å². The van der Waals surface area contributed by atoms with Crippen molar-refractivity contribution < 1.29 is 19.2 Å². The molecule has 2 amide bonds. The van der Waals surface area contributed by atoms with Crippen LogP contribution in [-0.2, 0) is 6.42 Å². The van der Waals surface area contributed by atoms with Crippen LogP contribution in [0.1, 0.15) is 33.7 Å². The summed E-state index contributed by atoms with van der Waals surface area (Å²) in [7, 11) is 0. The highest BCUT2D eigenvalue weighted by molar-refractivity contribution is 6.30. The van der Waals surface area contributed by atoms with E-state index in [2.05, 4.69) is 20.8 Å². The smallest absolute Gasteiger partial charge is 0.394 e. The average molecular weight is 412 g/mol. The normalized spacial score (nSPS) is 11.3. The number of carbonyl (C=O) groups is 2. The van der Waals surface area contributed by atoms with Gasteiger partial charge in [0.25, 0.3) is 0 Å². The van der Waals surface area contributed by atoms with Gasteiger partial charge in [0.05, 0.1) is 17.7 Å². The number of carboxylic acid groups (broad SMARTS) is 1. The Bertz CT molecular complexity index is 1060. The maximum absolute atomic E-state index is 12.4. The SMILES string of the molecule is N#Cc1ccc(NC(=O)NC(Cc2ccc(Cl)cc2)c2noc(C(=O)O)n2)cc1. The molecule has 0 aliphatic heterocycles. The molecule has 1 aromatic heterocycles. The second kappa shape index (κ2) is 8.86. The molecule has 1 unspecified atom stereocenters. The summed E-state index contributed by atoms with van der Waals surface area (Å²) >= 11 is 5.89. The van der Waals surface area contributed by atoms with E-state index >= 15 is 0 Å². The van der Waals surface area contributed by atoms with E-state index in [1.165, 1.54) is 0 Å². The van der Waals surface area contributed by atoms with Gasteiger partial charge in [-0.3, -0.25) is 0 Å². The molecule has 3 rings (SSSR count). The first-order valence-corrected chi connectivity index (χ1v) is 8.71. The number of carbonyl (C=O) groups excluding carboxylic acids is 1. The summed E-state index contributed by atoms with van der Waals surface area (Å²) in [5.74, 6) is -1.92. The van der Waals surface area contributed by atoms with Crippen LogP contribution in [0, 0.1) is 11.3 Å². The lowest BCUT2D eigenvalue weighted by molar-refractivity contribution is 0.0643. The lowest BCUT2D eigenvalue weighted by atomic mass is 10.1. The molecule has 0 fully saturated rings. The molecule has 1 atom stereocenters. The number of rotatable bonds is 6. The van der Waals surface area contributed by atoms with E-state index in [1.54, 1.807) is 48.5 Å². The lowest BCUT2D eigenvalue weighted by Gasteiger charge is -2.16. The lowest BCUT2D eigenvalue weighted by Crippen LogP contribution is -2.34. The zero-order valence-electron chi connectivity index (χ0n) is 14.8. The van der Waals surface area contributed by atoms with Gasteiger partial charge in [0.15, 0.2) is 5.82 Å². The summed E-state index contributed by atoms with van der Waals surface area (Å²) in [6.07, 6.45) is 0.274. The van der Waals surface area contributed by atoms with Crippen LogP contribution in [0.4, 0.5) is 10.5 Å². The van der Waals surface area contributed by atoms with Crippen molar-refractivity contribution in [2.75, 3.05) is 5.32 Å². The largest absolute Gasteiger partial charge is 0.474 e. The number of amides is 2. The number of aromatic carboxylic acids is 1. The van der Waals surface area contributed by atoms with Crippen molar-refractivity contribution >= 4 is 29.3 Å². The zero-order chi connectivity index (χ0) is 20.8. The van der Waals surface area contributed by atoms with Crippen LogP contribution in [0.25, 0.3) is 0 Å². The molecule has 0 saturated carbocycles. The van der Waals surface area contributed by atoms with Crippen molar-refractivity contribution in [1.29, 1.82) is 5.26 Å². The molecule has 146 valence electrons. The van der Waals surface area contributed by atoms with Crippen LogP contribution in [0.15, 0.2) is 53.1 Å². The van der Waals surface area contributed by atoms with Crippen molar-refractivity contribution in [3.8, 4) is 6.07 Å². The summed E-state index contributed by atoms with van der Waals surface area (Å²) in [4.78, 5) is 27.3. The van der Waals surface area contributed by atoms with Crippen LogP contribution < -0.4 is 10.6 Å². The van der Waals surface area contributed by atoms with Gasteiger partial charge in [0.2, 0.25) is 0 Å². The highest BCUT2D eigenvalue weighted by Crippen LogP contribution is 2.19. The van der Waals surface area contributed by atoms with Gasteiger partial charge in [-0.05, 0) is 42.0 Å². The fraction of sp³-hybridized carbons (Fsp3) is 0.105. The van der Waals surface area contributed by atoms with Crippen molar-refractivity contribution in [2.45, 2.75) is 12.5 Å². The van der Waals surface area contributed by atoms with Gasteiger partial charge in [-0.15, -0.1) is 0 Å². The van der Waals surface area contributed by atoms with Gasteiger partial charge >= 0.3 is 17.9 Å². The molecular formula is C19H14ClN5O4. The molecule has 0 saturated heterocycles. The van der Waals surface area contributed by atoms with Crippen molar-refractivity contribution in [2.24, 2.45) is 0 Å². The van der Waals surface area contributed by atoms with E-state index in [0.717, 1.165) is 5.56 Å². The number of carboxylic acids is 1. The van der Waals surface area contributed by atoms with Crippen LogP contribution in [0.3, 0.4) is 0 Å². The average Bonchev–Trinajstić information content (AvgIpc) is 3.20. The Labute approximate surface area is 169 Å². The molecule has 3 aromatic rings. The van der Waals surface area contributed by atoms with Gasteiger partial charge in [0.1, 0.15) is 0 Å². The number of halogens is 1. The molecule has 0 radical (unpaired) electrons. The number of nitrogens with zero attached hydrogens (tertiary/aromatic N) is 3. The predicted molar refractivity (Wildman–Crippen MR) is 102 cm³/mol. The second-order valence-corrected chi connectivity index (χ2v) is 6.37. The number of urea groups is 1. The Morgan fingerprint density at radius 2 is 1.86 bits per heavy atom. The molecule has 0 aliphatic rings. The minimum Gasteiger partial charge on any atom is -0.474 e. The molecule has 0 bridgehead atoms. The summed E-state index contributed by atoms with van der Waals surface area (Å²) in [5, 5.41) is 27.4. The molecule has 2 aromatic carbocycles. The predicted octanol–water partition coefficient (Wildman–Crippen LogP) is 3.40. The Morgan fingerprint density at radius 3 is 2.45 bits per heavy atom. The quantitative estimate of drug-likeness (QED) is 0.564. The first-order valence-electron chi connectivity index (χ1n) is 8.33. The fourth-order valence-corrected chi connectivity index (χ4v) is 2.61. The number of nitriles is 1. The number of hydrogen-bond acceptors (Lipinski definition) is 6. The van der Waals surface area contributed by atoms with Gasteiger partial charge in [-0.25, -0.2) is 9.59 Å². The van der Waals surface area contributed by atoms with Crippen molar-refractivity contribution in [1.82, 2.24) is 15.5 Å². The molecule has 29 heavy (non-hydrogen) atoms. The molecule has 3 N–H and O–H groups in total. The molecular weight excluding hydrogens is 398 g/mol. The van der Waals surface area contributed by atoms with E-state index in [9.17, 15) is 9.59 Å².